The maximum Gasteiger partial charge on any atom is 0.228 e. The summed E-state index contributed by atoms with van der Waals surface area (Å²) >= 11 is 0. The van der Waals surface area contributed by atoms with Crippen LogP contribution in [0.3, 0.4) is 0 Å². The summed E-state index contributed by atoms with van der Waals surface area (Å²) in [5, 5.41) is 4.43. The minimum absolute atomic E-state index is 0.733. The van der Waals surface area contributed by atoms with Crippen LogP contribution in [0.25, 0.3) is 22.4 Å². The van der Waals surface area contributed by atoms with Crippen LogP contribution in [-0.2, 0) is 0 Å². The summed E-state index contributed by atoms with van der Waals surface area (Å²) in [6.45, 7) is 8.33. The van der Waals surface area contributed by atoms with Gasteiger partial charge in [0.15, 0.2) is 5.82 Å². The highest BCUT2D eigenvalue weighted by Gasteiger charge is 2.32. The lowest BCUT2D eigenvalue weighted by Crippen LogP contribution is -2.29. The van der Waals surface area contributed by atoms with Crippen LogP contribution in [0.15, 0.2) is 22.7 Å². The normalized spacial score (nSPS) is 16.9. The Morgan fingerprint density at radius 1 is 1.00 bits per heavy atom. The fraction of sp³-hybridized carbons (Fsp3) is 0.500. The molecule has 2 aliphatic carbocycles. The van der Waals surface area contributed by atoms with Crippen LogP contribution in [0, 0.1) is 32.6 Å². The summed E-state index contributed by atoms with van der Waals surface area (Å²) in [5.41, 5.74) is 5.91. The van der Waals surface area contributed by atoms with E-state index in [-0.39, 0.29) is 0 Å². The van der Waals surface area contributed by atoms with Crippen molar-refractivity contribution in [1.29, 1.82) is 0 Å². The molecule has 2 aliphatic rings. The predicted molar refractivity (Wildman–Crippen MR) is 107 cm³/mol. The largest absolute Gasteiger partial charge is 0.353 e. The first-order valence-electron chi connectivity index (χ1n) is 10.0. The van der Waals surface area contributed by atoms with Crippen LogP contribution in [0.4, 0.5) is 5.82 Å². The number of aryl methyl sites for hydroxylation is 3. The highest BCUT2D eigenvalue weighted by atomic mass is 16.5. The number of hydrogen-bond donors (Lipinski definition) is 0. The molecule has 1 aromatic carbocycles. The lowest BCUT2D eigenvalue weighted by Gasteiger charge is -2.23. The second kappa shape index (κ2) is 6.32. The molecule has 3 aromatic rings. The third-order valence-corrected chi connectivity index (χ3v) is 5.70. The van der Waals surface area contributed by atoms with Gasteiger partial charge in [-0.15, -0.1) is 0 Å². The monoisotopic (exact) mass is 362 g/mol. The van der Waals surface area contributed by atoms with Gasteiger partial charge in [-0.1, -0.05) is 28.9 Å². The van der Waals surface area contributed by atoms with E-state index in [0.717, 1.165) is 58.9 Å². The van der Waals surface area contributed by atoms with Gasteiger partial charge in [0.1, 0.15) is 17.0 Å². The zero-order chi connectivity index (χ0) is 18.5. The summed E-state index contributed by atoms with van der Waals surface area (Å²) in [7, 11) is 0. The molecule has 0 bridgehead atoms. The van der Waals surface area contributed by atoms with Crippen molar-refractivity contribution in [2.75, 3.05) is 18.0 Å². The van der Waals surface area contributed by atoms with Gasteiger partial charge in [0.2, 0.25) is 5.58 Å². The molecule has 0 unspecified atom stereocenters. The van der Waals surface area contributed by atoms with E-state index in [4.69, 9.17) is 14.5 Å². The van der Waals surface area contributed by atoms with Gasteiger partial charge in [0.05, 0.1) is 0 Å². The Kier molecular flexibility index (Phi) is 3.92. The minimum atomic E-state index is 0.733. The van der Waals surface area contributed by atoms with E-state index in [1.165, 1.54) is 36.8 Å². The molecule has 5 nitrogen and oxygen atoms in total. The molecule has 0 atom stereocenters. The lowest BCUT2D eigenvalue weighted by atomic mass is 10.0. The van der Waals surface area contributed by atoms with Crippen LogP contribution in [-0.4, -0.2) is 28.2 Å². The molecular formula is C22H26N4O. The Labute approximate surface area is 159 Å². The van der Waals surface area contributed by atoms with Gasteiger partial charge in [0, 0.05) is 18.7 Å². The Bertz CT molecular complexity index is 987. The molecule has 0 radical (unpaired) electrons. The molecule has 2 aromatic heterocycles. The summed E-state index contributed by atoms with van der Waals surface area (Å²) in [6.07, 6.45) is 5.33. The quantitative estimate of drug-likeness (QED) is 0.628. The summed E-state index contributed by atoms with van der Waals surface area (Å²) in [4.78, 5) is 11.9. The van der Waals surface area contributed by atoms with Crippen LogP contribution in [0.1, 0.15) is 42.6 Å². The van der Waals surface area contributed by atoms with E-state index in [1.807, 2.05) is 6.92 Å². The standard InChI is InChI=1S/C22H26N4O/c1-13-4-9-18(14(2)10-13)19-20-21(27-25-19)22(24-15(3)23-20)26(11-16-5-6-16)12-17-7-8-17/h4,9-10,16-17H,5-8,11-12H2,1-3H3. The van der Waals surface area contributed by atoms with Crippen LogP contribution in [0.5, 0.6) is 0 Å². The third-order valence-electron chi connectivity index (χ3n) is 5.70. The van der Waals surface area contributed by atoms with Crippen molar-refractivity contribution in [2.24, 2.45) is 11.8 Å². The number of fused-ring (bicyclic) bond motifs is 1. The topological polar surface area (TPSA) is 55.1 Å². The molecule has 5 heteroatoms. The average Bonchev–Trinajstić information content (AvgIpc) is 3.55. The van der Waals surface area contributed by atoms with E-state index in [9.17, 15) is 0 Å². The van der Waals surface area contributed by atoms with Crippen LogP contribution >= 0.6 is 0 Å². The molecule has 140 valence electrons. The smallest absolute Gasteiger partial charge is 0.228 e. The molecule has 0 spiro atoms. The van der Waals surface area contributed by atoms with E-state index >= 15 is 0 Å². The molecule has 2 saturated carbocycles. The van der Waals surface area contributed by atoms with Crippen molar-refractivity contribution in [1.82, 2.24) is 15.1 Å². The zero-order valence-electron chi connectivity index (χ0n) is 16.3. The number of rotatable bonds is 6. The molecule has 2 heterocycles. The first-order valence-corrected chi connectivity index (χ1v) is 10.0. The molecule has 0 saturated heterocycles. The number of nitrogens with zero attached hydrogens (tertiary/aromatic N) is 4. The highest BCUT2D eigenvalue weighted by molar-refractivity contribution is 5.94. The summed E-state index contributed by atoms with van der Waals surface area (Å²) in [6, 6.07) is 6.41. The second-order valence-corrected chi connectivity index (χ2v) is 8.41. The maximum absolute atomic E-state index is 5.84. The van der Waals surface area contributed by atoms with E-state index in [0.29, 0.717) is 0 Å². The average molecular weight is 362 g/mol. The SMILES string of the molecule is Cc1ccc(-c2noc3c(N(CC4CC4)CC4CC4)nc(C)nc23)c(C)c1. The van der Waals surface area contributed by atoms with Gasteiger partial charge in [-0.05, 0) is 63.9 Å². The van der Waals surface area contributed by atoms with Gasteiger partial charge < -0.3 is 9.42 Å². The van der Waals surface area contributed by atoms with Crippen LogP contribution < -0.4 is 4.90 Å². The molecule has 5 rings (SSSR count). The number of aromatic nitrogens is 3. The Morgan fingerprint density at radius 2 is 1.70 bits per heavy atom. The third kappa shape index (κ3) is 3.31. The molecule has 0 N–H and O–H groups in total. The molecule has 0 aliphatic heterocycles. The molecule has 27 heavy (non-hydrogen) atoms. The van der Waals surface area contributed by atoms with Crippen molar-refractivity contribution in [3.05, 3.63) is 35.2 Å². The highest BCUT2D eigenvalue weighted by Crippen LogP contribution is 2.38. The van der Waals surface area contributed by atoms with Crippen LogP contribution in [0.2, 0.25) is 0 Å². The number of anilines is 1. The lowest BCUT2D eigenvalue weighted by molar-refractivity contribution is 0.457. The summed E-state index contributed by atoms with van der Waals surface area (Å²) < 4.78 is 5.84. The van der Waals surface area contributed by atoms with Gasteiger partial charge in [-0.2, -0.15) is 0 Å². The number of hydrogen-bond acceptors (Lipinski definition) is 5. The van der Waals surface area contributed by atoms with Gasteiger partial charge in [-0.25, -0.2) is 9.97 Å². The van der Waals surface area contributed by atoms with Crippen molar-refractivity contribution < 1.29 is 4.52 Å². The van der Waals surface area contributed by atoms with E-state index in [1.54, 1.807) is 0 Å². The fourth-order valence-corrected chi connectivity index (χ4v) is 3.87. The zero-order valence-corrected chi connectivity index (χ0v) is 16.3. The van der Waals surface area contributed by atoms with Gasteiger partial charge in [0.25, 0.3) is 0 Å². The second-order valence-electron chi connectivity index (χ2n) is 8.41. The van der Waals surface area contributed by atoms with Crippen molar-refractivity contribution >= 4 is 16.9 Å². The molecule has 0 amide bonds. The van der Waals surface area contributed by atoms with E-state index in [2.05, 4.69) is 42.1 Å². The molecule has 2 fully saturated rings. The first kappa shape index (κ1) is 16.7. The Balaban J connectivity index is 1.61. The van der Waals surface area contributed by atoms with Crippen molar-refractivity contribution in [3.63, 3.8) is 0 Å². The van der Waals surface area contributed by atoms with Crippen molar-refractivity contribution in [2.45, 2.75) is 46.5 Å². The molecular weight excluding hydrogens is 336 g/mol. The Hall–Kier alpha value is -2.43. The minimum Gasteiger partial charge on any atom is -0.353 e. The maximum atomic E-state index is 5.84. The van der Waals surface area contributed by atoms with Gasteiger partial charge >= 0.3 is 0 Å². The van der Waals surface area contributed by atoms with Crippen molar-refractivity contribution in [3.8, 4) is 11.3 Å². The first-order chi connectivity index (χ1) is 13.1. The van der Waals surface area contributed by atoms with Gasteiger partial charge in [-0.3, -0.25) is 0 Å². The summed E-state index contributed by atoms with van der Waals surface area (Å²) in [5.74, 6) is 3.31. The predicted octanol–water partition coefficient (Wildman–Crippen LogP) is 4.84. The Morgan fingerprint density at radius 3 is 2.33 bits per heavy atom. The number of benzene rings is 1. The fourth-order valence-electron chi connectivity index (χ4n) is 3.87. The van der Waals surface area contributed by atoms with E-state index < -0.39 is 0 Å².